The third kappa shape index (κ3) is 6.83. The number of nitrogens with one attached hydrogen (secondary N) is 2. The van der Waals surface area contributed by atoms with E-state index in [1.54, 1.807) is 39.1 Å². The molecule has 13 heteroatoms. The number of hydrogen-bond donors (Lipinski definition) is 3. The van der Waals surface area contributed by atoms with Crippen molar-refractivity contribution in [1.82, 2.24) is 19.8 Å². The number of alkyl halides is 2. The lowest BCUT2D eigenvalue weighted by atomic mass is 9.68. The molecular weight excluding hydrogens is 657 g/mol. The van der Waals surface area contributed by atoms with Crippen molar-refractivity contribution in [3.63, 3.8) is 0 Å². The summed E-state index contributed by atoms with van der Waals surface area (Å²) < 4.78 is 58.8. The van der Waals surface area contributed by atoms with Crippen LogP contribution in [0.2, 0.25) is 5.02 Å². The molecule has 2 heterocycles. The van der Waals surface area contributed by atoms with E-state index in [4.69, 9.17) is 27.0 Å². The van der Waals surface area contributed by atoms with Crippen molar-refractivity contribution in [3.8, 4) is 5.69 Å². The zero-order valence-electron chi connectivity index (χ0n) is 27.4. The van der Waals surface area contributed by atoms with Crippen LogP contribution in [0.3, 0.4) is 0 Å². The van der Waals surface area contributed by atoms with Crippen molar-refractivity contribution >= 4 is 35.7 Å². The molecule has 0 aliphatic heterocycles. The van der Waals surface area contributed by atoms with E-state index in [2.05, 4.69) is 5.23 Å². The van der Waals surface area contributed by atoms with Gasteiger partial charge in [0.05, 0.1) is 11.1 Å². The fraction of sp³-hybridized carbons (Fsp3) is 0.389. The molecule has 1 saturated carbocycles. The van der Waals surface area contributed by atoms with Gasteiger partial charge in [-0.25, -0.2) is 27.5 Å². The van der Waals surface area contributed by atoms with Crippen molar-refractivity contribution in [2.75, 3.05) is 13.7 Å². The van der Waals surface area contributed by atoms with E-state index in [9.17, 15) is 27.5 Å². The number of aromatic nitrogens is 3. The molecule has 255 valence electrons. The molecular formula is C36H36BClF4N5O2. The molecule has 0 bridgehead atoms. The molecule has 2 aromatic heterocycles. The van der Waals surface area contributed by atoms with Gasteiger partial charge in [0.1, 0.15) is 17.5 Å². The van der Waals surface area contributed by atoms with E-state index < -0.39 is 34.4 Å². The quantitative estimate of drug-likeness (QED) is 0.0682. The van der Waals surface area contributed by atoms with Gasteiger partial charge < -0.3 is 15.7 Å². The first kappa shape index (κ1) is 35.0. The predicted octanol–water partition coefficient (Wildman–Crippen LogP) is 6.98. The van der Waals surface area contributed by atoms with Crippen LogP contribution >= 0.6 is 11.6 Å². The summed E-state index contributed by atoms with van der Waals surface area (Å²) in [6.45, 7) is 3.29. The molecule has 2 aliphatic carbocycles. The molecule has 49 heavy (non-hydrogen) atoms. The molecule has 7 nitrogen and oxygen atoms in total. The molecule has 2 aromatic carbocycles. The Balaban J connectivity index is 1.62. The highest BCUT2D eigenvalue weighted by Crippen LogP contribution is 2.47. The Morgan fingerprint density at radius 3 is 2.39 bits per heavy atom. The third-order valence-corrected chi connectivity index (χ3v) is 10.2. The summed E-state index contributed by atoms with van der Waals surface area (Å²) in [6, 6.07) is 8.33. The van der Waals surface area contributed by atoms with Gasteiger partial charge in [-0.1, -0.05) is 23.3 Å². The molecule has 0 saturated heterocycles. The minimum atomic E-state index is -2.80. The van der Waals surface area contributed by atoms with Gasteiger partial charge in [0.25, 0.3) is 13.0 Å². The summed E-state index contributed by atoms with van der Waals surface area (Å²) in [5, 5.41) is 22.0. The molecule has 0 spiro atoms. The van der Waals surface area contributed by atoms with Gasteiger partial charge in [-0.3, -0.25) is 9.36 Å². The van der Waals surface area contributed by atoms with Gasteiger partial charge in [0.15, 0.2) is 5.65 Å². The van der Waals surface area contributed by atoms with Gasteiger partial charge >= 0.3 is 0 Å². The summed E-state index contributed by atoms with van der Waals surface area (Å²) in [4.78, 5) is 24.7. The second kappa shape index (κ2) is 13.5. The maximum atomic E-state index is 14.8. The van der Waals surface area contributed by atoms with Crippen molar-refractivity contribution in [3.05, 3.63) is 109 Å². The topological polar surface area (TPSA) is 104 Å². The Kier molecular flexibility index (Phi) is 9.60. The van der Waals surface area contributed by atoms with Crippen LogP contribution in [-0.2, 0) is 11.8 Å². The van der Waals surface area contributed by atoms with E-state index in [1.165, 1.54) is 24.1 Å². The van der Waals surface area contributed by atoms with Crippen molar-refractivity contribution < 1.29 is 22.7 Å². The molecule has 3 N–H and O–H groups in total. The molecule has 6 rings (SSSR count). The number of benzene rings is 2. The number of hydrogen-bond acceptors (Lipinski definition) is 6. The van der Waals surface area contributed by atoms with Gasteiger partial charge in [-0.2, -0.15) is 0 Å². The Bertz CT molecular complexity index is 2040. The van der Waals surface area contributed by atoms with Crippen LogP contribution in [-0.4, -0.2) is 52.2 Å². The number of halogens is 5. The van der Waals surface area contributed by atoms with Crippen LogP contribution in [0.15, 0.2) is 52.8 Å². The first-order valence-corrected chi connectivity index (χ1v) is 16.6. The monoisotopic (exact) mass is 692 g/mol. The maximum Gasteiger partial charge on any atom is 0.270 e. The summed E-state index contributed by atoms with van der Waals surface area (Å²) >= 11 is 6.58. The summed E-state index contributed by atoms with van der Waals surface area (Å²) in [5.41, 5.74) is 2.67. The number of aliphatic hydroxyl groups excluding tert-OH is 1. The lowest BCUT2D eigenvalue weighted by Crippen LogP contribution is -2.38. The number of aryl methyl sites for hydroxylation is 1. The normalized spacial score (nSPS) is 17.1. The second-order valence-corrected chi connectivity index (χ2v) is 13.6. The first-order valence-electron chi connectivity index (χ1n) is 16.2. The summed E-state index contributed by atoms with van der Waals surface area (Å²) in [6.07, 6.45) is 2.49. The van der Waals surface area contributed by atoms with Crippen LogP contribution < -0.4 is 10.8 Å². The van der Waals surface area contributed by atoms with Gasteiger partial charge in [0, 0.05) is 58.7 Å². The van der Waals surface area contributed by atoms with Crippen molar-refractivity contribution in [1.29, 1.82) is 5.41 Å². The molecule has 1 radical (unpaired) electrons. The van der Waals surface area contributed by atoms with Gasteiger partial charge in [0.2, 0.25) is 5.92 Å². The zero-order chi connectivity index (χ0) is 35.2. The van der Waals surface area contributed by atoms with Crippen LogP contribution in [0.5, 0.6) is 0 Å². The number of allylic oxidation sites excluding steroid dienone is 2. The SMILES string of the molecule is CN[B]C(=N)c1c(Cl)ccc(-n2c(C(Cc3cc(F)cc(F)c3)C3=CC3)nc3nc(C4(CCO)CCC(F)(F)CC4)cc(C)c3c2=O)c1C. The van der Waals surface area contributed by atoms with E-state index in [-0.39, 0.29) is 67.6 Å². The van der Waals surface area contributed by atoms with Gasteiger partial charge in [-0.15, -0.1) is 0 Å². The number of nitrogens with zero attached hydrogens (tertiary/aromatic N) is 3. The maximum absolute atomic E-state index is 14.8. The lowest BCUT2D eigenvalue weighted by molar-refractivity contribution is -0.0554. The molecule has 4 aromatic rings. The molecule has 1 fully saturated rings. The fourth-order valence-electron chi connectivity index (χ4n) is 7.21. The average molecular weight is 693 g/mol. The largest absolute Gasteiger partial charge is 0.396 e. The first-order chi connectivity index (χ1) is 23.3. The molecule has 1 unspecified atom stereocenters. The molecule has 2 aliphatic rings. The highest BCUT2D eigenvalue weighted by molar-refractivity contribution is 6.77. The number of aliphatic hydroxyl groups is 1. The molecule has 1 atom stereocenters. The number of rotatable bonds is 11. The average Bonchev–Trinajstić information content (AvgIpc) is 3.87. The third-order valence-electron chi connectivity index (χ3n) is 9.88. The van der Waals surface area contributed by atoms with E-state index in [0.29, 0.717) is 45.1 Å². The minimum Gasteiger partial charge on any atom is -0.396 e. The zero-order valence-corrected chi connectivity index (χ0v) is 28.2. The van der Waals surface area contributed by atoms with Crippen molar-refractivity contribution in [2.24, 2.45) is 0 Å². The summed E-state index contributed by atoms with van der Waals surface area (Å²) in [7, 11) is 3.14. The molecule has 0 amide bonds. The lowest BCUT2D eigenvalue weighted by Gasteiger charge is -2.39. The smallest absolute Gasteiger partial charge is 0.270 e. The Hall–Kier alpha value is -3.87. The van der Waals surface area contributed by atoms with E-state index in [1.807, 2.05) is 6.08 Å². The second-order valence-electron chi connectivity index (χ2n) is 13.2. The van der Waals surface area contributed by atoms with Crippen LogP contribution in [0.4, 0.5) is 17.6 Å². The standard InChI is InChI=1S/C36H36BClF4N5O2/c1-19-14-28(35(12-13-48)8-10-36(41,42)11-9-35)45-32-29(19)34(49)47(27-7-6-26(38)30(20(27)2)31(43)37-44-3)33(46-32)25(22-4-5-22)17-21-15-23(39)18-24(40)16-21/h4,6-7,14-16,18,25,43-44,48H,5,8-13,17H2,1-3H3. The van der Waals surface area contributed by atoms with Crippen LogP contribution in [0.25, 0.3) is 16.7 Å². The minimum absolute atomic E-state index is 0.0987. The van der Waals surface area contributed by atoms with E-state index in [0.717, 1.165) is 11.6 Å². The highest BCUT2D eigenvalue weighted by Gasteiger charge is 2.45. The Morgan fingerprint density at radius 1 is 1.10 bits per heavy atom. The van der Waals surface area contributed by atoms with Gasteiger partial charge in [-0.05, 0) is 100 Å². The van der Waals surface area contributed by atoms with E-state index >= 15 is 0 Å². The Labute approximate surface area is 287 Å². The number of pyridine rings is 1. The Morgan fingerprint density at radius 2 is 1.78 bits per heavy atom. The van der Waals surface area contributed by atoms with Crippen LogP contribution in [0, 0.1) is 30.9 Å². The fourth-order valence-corrected chi connectivity index (χ4v) is 7.52. The van der Waals surface area contributed by atoms with Crippen molar-refractivity contribution in [2.45, 2.75) is 76.0 Å². The summed E-state index contributed by atoms with van der Waals surface area (Å²) in [5.74, 6) is -4.56. The predicted molar refractivity (Wildman–Crippen MR) is 184 cm³/mol. The number of fused-ring (bicyclic) bond motifs is 1. The highest BCUT2D eigenvalue weighted by atomic mass is 35.5. The van der Waals surface area contributed by atoms with Crippen LogP contribution in [0.1, 0.15) is 78.2 Å².